The summed E-state index contributed by atoms with van der Waals surface area (Å²) in [4.78, 5) is 54.2. The number of amides is 5. The predicted molar refractivity (Wildman–Crippen MR) is 119 cm³/mol. The largest absolute Gasteiger partial charge is 0.343 e. The van der Waals surface area contributed by atoms with Crippen LogP contribution < -0.4 is 5.32 Å². The topological polar surface area (TPSA) is 90.0 Å². The Morgan fingerprint density at radius 2 is 1.78 bits per heavy atom. The molecule has 0 radical (unpaired) electrons. The number of hydrogen-bond donors (Lipinski definition) is 1. The molecule has 8 nitrogen and oxygen atoms in total. The highest BCUT2D eigenvalue weighted by atomic mass is 32.1. The van der Waals surface area contributed by atoms with Gasteiger partial charge >= 0.3 is 6.03 Å². The zero-order valence-corrected chi connectivity index (χ0v) is 18.4. The molecule has 4 heterocycles. The van der Waals surface area contributed by atoms with Crippen molar-refractivity contribution in [3.63, 3.8) is 0 Å². The molecular formula is C23H22N4O4S. The Balaban J connectivity index is 1.30. The lowest BCUT2D eigenvalue weighted by atomic mass is 10.0. The van der Waals surface area contributed by atoms with E-state index in [4.69, 9.17) is 0 Å². The maximum Gasteiger partial charge on any atom is 0.343 e. The molecule has 3 aliphatic rings. The number of rotatable bonds is 4. The number of benzene rings is 1. The summed E-state index contributed by atoms with van der Waals surface area (Å²) < 4.78 is 0. The fourth-order valence-electron chi connectivity index (χ4n) is 4.28. The van der Waals surface area contributed by atoms with E-state index < -0.39 is 23.8 Å². The van der Waals surface area contributed by atoms with Crippen LogP contribution in [0.4, 0.5) is 4.79 Å². The number of carbonyl (C=O) groups excluding carboxylic acids is 4. The lowest BCUT2D eigenvalue weighted by Crippen LogP contribution is -2.58. The van der Waals surface area contributed by atoms with E-state index in [1.165, 1.54) is 15.3 Å². The predicted octanol–water partition coefficient (Wildman–Crippen LogP) is 2.80. The lowest BCUT2D eigenvalue weighted by molar-refractivity contribution is -0.122. The quantitative estimate of drug-likeness (QED) is 0.724. The molecule has 1 aromatic heterocycles. The van der Waals surface area contributed by atoms with Crippen LogP contribution in [-0.2, 0) is 11.3 Å². The lowest BCUT2D eigenvalue weighted by Gasteiger charge is -2.32. The van der Waals surface area contributed by atoms with Gasteiger partial charge < -0.3 is 0 Å². The van der Waals surface area contributed by atoms with E-state index in [-0.39, 0.29) is 18.5 Å². The van der Waals surface area contributed by atoms with Crippen molar-refractivity contribution in [2.24, 2.45) is 0 Å². The maximum atomic E-state index is 13.0. The van der Waals surface area contributed by atoms with Gasteiger partial charge in [0.05, 0.1) is 17.7 Å². The first-order valence-corrected chi connectivity index (χ1v) is 11.3. The number of nitrogens with zero attached hydrogens (tertiary/aromatic N) is 3. The molecular weight excluding hydrogens is 428 g/mol. The summed E-state index contributed by atoms with van der Waals surface area (Å²) in [6.45, 7) is 4.52. The second-order valence-corrected chi connectivity index (χ2v) is 9.44. The Hall–Kier alpha value is -3.30. The molecule has 0 atom stereocenters. The van der Waals surface area contributed by atoms with Crippen LogP contribution >= 0.6 is 11.3 Å². The normalized spacial score (nSPS) is 19.3. The van der Waals surface area contributed by atoms with Crippen molar-refractivity contribution in [3.05, 3.63) is 62.9 Å². The highest BCUT2D eigenvalue weighted by Crippen LogP contribution is 2.30. The van der Waals surface area contributed by atoms with Crippen LogP contribution in [0.15, 0.2) is 36.4 Å². The van der Waals surface area contributed by atoms with E-state index in [0.717, 1.165) is 35.1 Å². The van der Waals surface area contributed by atoms with Gasteiger partial charge in [-0.2, -0.15) is 5.01 Å². The Kier molecular flexibility index (Phi) is 5.15. The van der Waals surface area contributed by atoms with E-state index >= 15 is 0 Å². The fraction of sp³-hybridized carbons (Fsp3) is 0.304. The minimum absolute atomic E-state index is 0.00476. The summed E-state index contributed by atoms with van der Waals surface area (Å²) in [6.07, 6.45) is 3.27. The molecule has 164 valence electrons. The first-order valence-electron chi connectivity index (χ1n) is 10.5. The number of urea groups is 1. The van der Waals surface area contributed by atoms with Gasteiger partial charge in [0.15, 0.2) is 0 Å². The van der Waals surface area contributed by atoms with Crippen LogP contribution in [0.1, 0.15) is 48.9 Å². The van der Waals surface area contributed by atoms with Crippen molar-refractivity contribution < 1.29 is 19.2 Å². The van der Waals surface area contributed by atoms with Crippen LogP contribution in [-0.4, -0.2) is 58.3 Å². The number of fused-ring (bicyclic) bond motifs is 1. The summed E-state index contributed by atoms with van der Waals surface area (Å²) in [5.41, 5.74) is 2.88. The zero-order chi connectivity index (χ0) is 22.4. The molecule has 1 fully saturated rings. The number of nitrogens with one attached hydrogen (secondary N) is 1. The average Bonchev–Trinajstić information content (AvgIpc) is 3.31. The zero-order valence-electron chi connectivity index (χ0n) is 17.6. The Labute approximate surface area is 189 Å². The van der Waals surface area contributed by atoms with Crippen molar-refractivity contribution in [2.75, 3.05) is 19.6 Å². The molecule has 0 unspecified atom stereocenters. The second-order valence-electron chi connectivity index (χ2n) is 8.15. The molecule has 3 aliphatic heterocycles. The number of aryl methyl sites for hydroxylation is 1. The van der Waals surface area contributed by atoms with Crippen molar-refractivity contribution in [3.8, 4) is 0 Å². The third-order valence-corrected chi connectivity index (χ3v) is 7.03. The SMILES string of the molecule is Cc1ccc(C2=CCN(Cc3ccc4c(c3)C(=O)N(N3CCC(=O)NC3=O)C4=O)CC2)s1. The Morgan fingerprint density at radius 1 is 0.969 bits per heavy atom. The van der Waals surface area contributed by atoms with Gasteiger partial charge in [-0.1, -0.05) is 12.1 Å². The van der Waals surface area contributed by atoms with Crippen LogP contribution in [0, 0.1) is 6.92 Å². The summed E-state index contributed by atoms with van der Waals surface area (Å²) in [5.74, 6) is -1.50. The minimum atomic E-state index is -0.757. The fourth-order valence-corrected chi connectivity index (χ4v) is 5.22. The summed E-state index contributed by atoms with van der Waals surface area (Å²) >= 11 is 1.81. The van der Waals surface area contributed by atoms with E-state index in [2.05, 4.69) is 35.3 Å². The standard InChI is InChI=1S/C23H22N4O4S/c1-14-2-5-19(32-14)16-6-9-25(10-7-16)13-15-3-4-17-18(12-15)22(30)27(21(17)29)26-11-8-20(28)24-23(26)31/h2-6,12H,7-11,13H2,1H3,(H,24,28,31). The molecule has 0 aliphatic carbocycles. The van der Waals surface area contributed by atoms with Gasteiger partial charge in [-0.25, -0.2) is 9.80 Å². The van der Waals surface area contributed by atoms with E-state index in [1.54, 1.807) is 12.1 Å². The smallest absolute Gasteiger partial charge is 0.295 e. The van der Waals surface area contributed by atoms with Crippen LogP contribution in [0.25, 0.3) is 5.57 Å². The Morgan fingerprint density at radius 3 is 2.47 bits per heavy atom. The van der Waals surface area contributed by atoms with Gasteiger partial charge in [0.25, 0.3) is 11.8 Å². The van der Waals surface area contributed by atoms with Crippen molar-refractivity contribution in [2.45, 2.75) is 26.3 Å². The first-order chi connectivity index (χ1) is 15.4. The summed E-state index contributed by atoms with van der Waals surface area (Å²) in [5, 5.41) is 4.00. The Bertz CT molecular complexity index is 1180. The van der Waals surface area contributed by atoms with Crippen molar-refractivity contribution in [1.29, 1.82) is 0 Å². The van der Waals surface area contributed by atoms with E-state index in [9.17, 15) is 19.2 Å². The molecule has 5 amide bonds. The minimum Gasteiger partial charge on any atom is -0.295 e. The van der Waals surface area contributed by atoms with Gasteiger partial charge in [-0.15, -0.1) is 11.3 Å². The van der Waals surface area contributed by atoms with Crippen LogP contribution in [0.5, 0.6) is 0 Å². The van der Waals surface area contributed by atoms with Crippen molar-refractivity contribution >= 4 is 40.7 Å². The molecule has 0 bridgehead atoms. The molecule has 5 rings (SSSR count). The third kappa shape index (κ3) is 3.63. The highest BCUT2D eigenvalue weighted by molar-refractivity contribution is 7.13. The maximum absolute atomic E-state index is 13.0. The number of carbonyl (C=O) groups is 4. The van der Waals surface area contributed by atoms with E-state index in [1.807, 2.05) is 17.4 Å². The monoisotopic (exact) mass is 450 g/mol. The van der Waals surface area contributed by atoms with Gasteiger partial charge in [-0.05, 0) is 48.7 Å². The van der Waals surface area contributed by atoms with Crippen LogP contribution in [0.3, 0.4) is 0 Å². The van der Waals surface area contributed by atoms with Gasteiger partial charge in [0.1, 0.15) is 0 Å². The highest BCUT2D eigenvalue weighted by Gasteiger charge is 2.43. The molecule has 0 spiro atoms. The number of imide groups is 2. The molecule has 1 N–H and O–H groups in total. The van der Waals surface area contributed by atoms with Gasteiger partial charge in [-0.3, -0.25) is 24.6 Å². The van der Waals surface area contributed by atoms with Crippen LogP contribution in [0.2, 0.25) is 0 Å². The van der Waals surface area contributed by atoms with Crippen molar-refractivity contribution in [1.82, 2.24) is 20.2 Å². The molecule has 1 saturated heterocycles. The molecule has 32 heavy (non-hydrogen) atoms. The number of hydrogen-bond acceptors (Lipinski definition) is 6. The molecule has 1 aromatic carbocycles. The first kappa shape index (κ1) is 20.6. The van der Waals surface area contributed by atoms with Gasteiger partial charge in [0, 0.05) is 35.8 Å². The molecule has 2 aromatic rings. The second kappa shape index (κ2) is 7.99. The van der Waals surface area contributed by atoms with E-state index in [0.29, 0.717) is 12.1 Å². The number of thiophene rings is 1. The van der Waals surface area contributed by atoms with Gasteiger partial charge in [0.2, 0.25) is 5.91 Å². The molecule has 0 saturated carbocycles. The number of hydrazine groups is 1. The molecule has 9 heteroatoms. The average molecular weight is 451 g/mol. The summed E-state index contributed by atoms with van der Waals surface area (Å²) in [6, 6.07) is 8.81. The third-order valence-electron chi connectivity index (χ3n) is 5.96. The summed E-state index contributed by atoms with van der Waals surface area (Å²) in [7, 11) is 0.